The van der Waals surface area contributed by atoms with Crippen LogP contribution in [0.4, 0.5) is 0 Å². The molecule has 4 atom stereocenters. The van der Waals surface area contributed by atoms with E-state index >= 15 is 0 Å². The van der Waals surface area contributed by atoms with Gasteiger partial charge in [0, 0.05) is 37.1 Å². The number of piperidine rings is 1. The molecule has 2 aliphatic rings. The van der Waals surface area contributed by atoms with Gasteiger partial charge in [0.2, 0.25) is 5.91 Å². The van der Waals surface area contributed by atoms with Crippen LogP contribution in [0.3, 0.4) is 0 Å². The number of nitrogens with two attached hydrogens (primary N) is 1. The van der Waals surface area contributed by atoms with Crippen LogP contribution in [-0.4, -0.2) is 42.0 Å². The summed E-state index contributed by atoms with van der Waals surface area (Å²) in [5.74, 6) is 1.83. The molecule has 0 bridgehead atoms. The number of hydrogen-bond donors (Lipinski definition) is 2. The van der Waals surface area contributed by atoms with E-state index < -0.39 is 0 Å². The van der Waals surface area contributed by atoms with Gasteiger partial charge in [-0.15, -0.1) is 0 Å². The summed E-state index contributed by atoms with van der Waals surface area (Å²) in [6.07, 6.45) is 4.11. The molecule has 0 aromatic carbocycles. The fourth-order valence-corrected chi connectivity index (χ4v) is 3.97. The van der Waals surface area contributed by atoms with Gasteiger partial charge >= 0.3 is 0 Å². The first-order valence-corrected chi connectivity index (χ1v) is 8.56. The average molecular weight is 295 g/mol. The Kier molecular flexibility index (Phi) is 5.31. The summed E-state index contributed by atoms with van der Waals surface area (Å²) >= 11 is 0. The van der Waals surface area contributed by atoms with Crippen LogP contribution in [-0.2, 0) is 4.79 Å². The van der Waals surface area contributed by atoms with Crippen LogP contribution in [0.2, 0.25) is 0 Å². The number of hydrogen-bond acceptors (Lipinski definition) is 3. The molecule has 1 aliphatic carbocycles. The minimum absolute atomic E-state index is 0.0271. The van der Waals surface area contributed by atoms with Crippen molar-refractivity contribution >= 4 is 5.91 Å². The first kappa shape index (κ1) is 16.8. The number of amides is 1. The van der Waals surface area contributed by atoms with E-state index in [4.69, 9.17) is 5.73 Å². The third-order valence-corrected chi connectivity index (χ3v) is 5.26. The number of carbonyl (C=O) groups excluding carboxylic acids is 1. The van der Waals surface area contributed by atoms with Crippen molar-refractivity contribution in [3.05, 3.63) is 0 Å². The van der Waals surface area contributed by atoms with Crippen LogP contribution in [0.5, 0.6) is 0 Å². The molecule has 0 radical (unpaired) electrons. The molecular weight excluding hydrogens is 262 g/mol. The molecule has 21 heavy (non-hydrogen) atoms. The lowest BCUT2D eigenvalue weighted by Gasteiger charge is -2.45. The topological polar surface area (TPSA) is 58.4 Å². The van der Waals surface area contributed by atoms with Crippen LogP contribution in [0.15, 0.2) is 0 Å². The van der Waals surface area contributed by atoms with Crippen molar-refractivity contribution in [2.75, 3.05) is 19.6 Å². The van der Waals surface area contributed by atoms with Gasteiger partial charge in [-0.3, -0.25) is 9.69 Å². The van der Waals surface area contributed by atoms with Crippen molar-refractivity contribution in [1.29, 1.82) is 0 Å². The Labute approximate surface area is 129 Å². The second kappa shape index (κ2) is 6.66. The third kappa shape index (κ3) is 4.43. The maximum absolute atomic E-state index is 12.3. The van der Waals surface area contributed by atoms with E-state index in [1.165, 1.54) is 6.42 Å². The Balaban J connectivity index is 1.84. The zero-order valence-corrected chi connectivity index (χ0v) is 14.2. The summed E-state index contributed by atoms with van der Waals surface area (Å²) in [7, 11) is 0. The first-order valence-electron chi connectivity index (χ1n) is 8.56. The predicted octanol–water partition coefficient (Wildman–Crippen LogP) is 1.99. The molecule has 122 valence electrons. The second-order valence-corrected chi connectivity index (χ2v) is 8.15. The van der Waals surface area contributed by atoms with E-state index in [2.05, 4.69) is 37.9 Å². The maximum Gasteiger partial charge on any atom is 0.223 e. The Morgan fingerprint density at radius 1 is 1.19 bits per heavy atom. The second-order valence-electron chi connectivity index (χ2n) is 8.15. The van der Waals surface area contributed by atoms with Gasteiger partial charge in [0.05, 0.1) is 0 Å². The van der Waals surface area contributed by atoms with Crippen molar-refractivity contribution in [3.63, 3.8) is 0 Å². The Morgan fingerprint density at radius 3 is 2.33 bits per heavy atom. The molecule has 2 fully saturated rings. The van der Waals surface area contributed by atoms with Crippen LogP contribution >= 0.6 is 0 Å². The quantitative estimate of drug-likeness (QED) is 0.834. The van der Waals surface area contributed by atoms with Gasteiger partial charge in [0.1, 0.15) is 0 Å². The highest BCUT2D eigenvalue weighted by atomic mass is 16.1. The van der Waals surface area contributed by atoms with Gasteiger partial charge in [-0.2, -0.15) is 0 Å². The molecule has 4 nitrogen and oxygen atoms in total. The molecule has 4 unspecified atom stereocenters. The molecule has 4 heteroatoms. The molecule has 3 N–H and O–H groups in total. The van der Waals surface area contributed by atoms with E-state index in [0.717, 1.165) is 50.7 Å². The summed E-state index contributed by atoms with van der Waals surface area (Å²) in [5.41, 5.74) is 5.93. The zero-order valence-electron chi connectivity index (χ0n) is 14.2. The minimum Gasteiger partial charge on any atom is -0.354 e. The van der Waals surface area contributed by atoms with Gasteiger partial charge < -0.3 is 11.1 Å². The Bertz CT molecular complexity index is 359. The van der Waals surface area contributed by atoms with Crippen molar-refractivity contribution in [2.24, 2.45) is 23.5 Å². The summed E-state index contributed by atoms with van der Waals surface area (Å²) in [6, 6.07) is 0.220. The summed E-state index contributed by atoms with van der Waals surface area (Å²) in [4.78, 5) is 14.8. The number of rotatable bonds is 4. The summed E-state index contributed by atoms with van der Waals surface area (Å²) in [6.45, 7) is 12.2. The monoisotopic (exact) mass is 295 g/mol. The number of carbonyl (C=O) groups is 1. The third-order valence-electron chi connectivity index (χ3n) is 5.26. The predicted molar refractivity (Wildman–Crippen MR) is 86.9 cm³/mol. The fraction of sp³-hybridized carbons (Fsp3) is 0.941. The maximum atomic E-state index is 12.3. The molecule has 1 aliphatic heterocycles. The van der Waals surface area contributed by atoms with Crippen molar-refractivity contribution < 1.29 is 4.79 Å². The highest BCUT2D eigenvalue weighted by Crippen LogP contribution is 2.28. The molecular formula is C17H33N3O. The highest BCUT2D eigenvalue weighted by Gasteiger charge is 2.34. The normalized spacial score (nSPS) is 34.9. The summed E-state index contributed by atoms with van der Waals surface area (Å²) in [5, 5.41) is 3.18. The molecule has 1 saturated carbocycles. The SMILES string of the molecule is CC1CC(C)CN(C(C)(C)CNC(=O)C2CCC(N)C2)C1. The molecule has 2 rings (SSSR count). The minimum atomic E-state index is 0.0271. The molecule has 1 heterocycles. The van der Waals surface area contributed by atoms with Crippen molar-refractivity contribution in [2.45, 2.75) is 65.0 Å². The van der Waals surface area contributed by atoms with Crippen LogP contribution < -0.4 is 11.1 Å². The fourth-order valence-electron chi connectivity index (χ4n) is 3.97. The number of nitrogens with zero attached hydrogens (tertiary/aromatic N) is 1. The molecule has 0 aromatic rings. The largest absolute Gasteiger partial charge is 0.354 e. The average Bonchev–Trinajstić information content (AvgIpc) is 2.82. The van der Waals surface area contributed by atoms with E-state index in [9.17, 15) is 4.79 Å². The molecule has 0 aromatic heterocycles. The van der Waals surface area contributed by atoms with E-state index in [1.54, 1.807) is 0 Å². The van der Waals surface area contributed by atoms with Crippen molar-refractivity contribution in [3.8, 4) is 0 Å². The lowest BCUT2D eigenvalue weighted by atomic mass is 9.88. The molecule has 1 amide bonds. The van der Waals surface area contributed by atoms with E-state index in [1.807, 2.05) is 0 Å². The van der Waals surface area contributed by atoms with Gasteiger partial charge in [-0.1, -0.05) is 13.8 Å². The molecule has 0 spiro atoms. The van der Waals surface area contributed by atoms with Crippen LogP contribution in [0.1, 0.15) is 53.4 Å². The van der Waals surface area contributed by atoms with Gasteiger partial charge in [-0.25, -0.2) is 0 Å². The number of nitrogens with one attached hydrogen (secondary N) is 1. The number of likely N-dealkylation sites (tertiary alicyclic amines) is 1. The van der Waals surface area contributed by atoms with Gasteiger partial charge in [-0.05, 0) is 51.4 Å². The van der Waals surface area contributed by atoms with Crippen LogP contribution in [0.25, 0.3) is 0 Å². The smallest absolute Gasteiger partial charge is 0.223 e. The Hall–Kier alpha value is -0.610. The lowest BCUT2D eigenvalue weighted by Crippen LogP contribution is -2.56. The van der Waals surface area contributed by atoms with Crippen LogP contribution in [0, 0.1) is 17.8 Å². The zero-order chi connectivity index (χ0) is 15.6. The first-order chi connectivity index (χ1) is 9.78. The van der Waals surface area contributed by atoms with E-state index in [0.29, 0.717) is 0 Å². The lowest BCUT2D eigenvalue weighted by molar-refractivity contribution is -0.125. The van der Waals surface area contributed by atoms with E-state index in [-0.39, 0.29) is 23.4 Å². The van der Waals surface area contributed by atoms with Gasteiger partial charge in [0.15, 0.2) is 0 Å². The standard InChI is InChI=1S/C17H33N3O/c1-12-7-13(2)10-20(9-12)17(3,4)11-19-16(21)14-5-6-15(18)8-14/h12-15H,5-11,18H2,1-4H3,(H,19,21). The van der Waals surface area contributed by atoms with Crippen molar-refractivity contribution in [1.82, 2.24) is 10.2 Å². The van der Waals surface area contributed by atoms with Gasteiger partial charge in [0.25, 0.3) is 0 Å². The summed E-state index contributed by atoms with van der Waals surface area (Å²) < 4.78 is 0. The molecule has 1 saturated heterocycles. The Morgan fingerprint density at radius 2 is 1.81 bits per heavy atom. The highest BCUT2D eigenvalue weighted by molar-refractivity contribution is 5.79.